The van der Waals surface area contributed by atoms with E-state index in [0.717, 1.165) is 0 Å². The number of hydrogen-bond acceptors (Lipinski definition) is 7. The van der Waals surface area contributed by atoms with Crippen LogP contribution in [0.25, 0.3) is 6.08 Å². The van der Waals surface area contributed by atoms with Crippen LogP contribution < -0.4 is 24.1 Å². The summed E-state index contributed by atoms with van der Waals surface area (Å²) < 4.78 is 20.6. The number of allylic oxidation sites excluding steroid dienone is 1. The molecule has 2 aromatic rings. The van der Waals surface area contributed by atoms with E-state index < -0.39 is 12.6 Å². The van der Waals surface area contributed by atoms with Crippen molar-refractivity contribution in [2.45, 2.75) is 0 Å². The lowest BCUT2D eigenvalue weighted by Crippen LogP contribution is -2.29. The minimum atomic E-state index is -1.33. The molecule has 27 heavy (non-hydrogen) atoms. The Hall–Kier alpha value is -3.48. The molecule has 0 aliphatic rings. The Morgan fingerprint density at radius 1 is 0.926 bits per heavy atom. The molecule has 0 radical (unpaired) electrons. The van der Waals surface area contributed by atoms with Crippen LogP contribution >= 0.6 is 0 Å². The molecular formula is C20H19O7-. The van der Waals surface area contributed by atoms with Gasteiger partial charge in [0.25, 0.3) is 0 Å². The maximum Gasteiger partial charge on any atom is 0.189 e. The molecule has 0 heterocycles. The van der Waals surface area contributed by atoms with Crippen LogP contribution in [0.3, 0.4) is 0 Å². The molecule has 0 bridgehead atoms. The zero-order chi connectivity index (χ0) is 19.8. The first-order valence-electron chi connectivity index (χ1n) is 7.93. The van der Waals surface area contributed by atoms with Crippen molar-refractivity contribution >= 4 is 17.8 Å². The highest BCUT2D eigenvalue weighted by molar-refractivity contribution is 6.08. The predicted octanol–water partition coefficient (Wildman–Crippen LogP) is 1.74. The SMILES string of the molecule is COc1ccc(OC)c(C(=O)/C=C/c2ccc(OCC(=O)[O-])c(OC)c2)c1. The van der Waals surface area contributed by atoms with Crippen LogP contribution in [0.4, 0.5) is 0 Å². The number of rotatable bonds is 9. The van der Waals surface area contributed by atoms with Crippen LogP contribution in [0, 0.1) is 0 Å². The third kappa shape index (κ3) is 5.24. The summed E-state index contributed by atoms with van der Waals surface area (Å²) in [6, 6.07) is 9.81. The molecule has 0 aliphatic heterocycles. The Morgan fingerprint density at radius 3 is 2.26 bits per heavy atom. The maximum atomic E-state index is 12.5. The fourth-order valence-corrected chi connectivity index (χ4v) is 2.31. The van der Waals surface area contributed by atoms with Gasteiger partial charge in [-0.15, -0.1) is 0 Å². The number of carbonyl (C=O) groups is 2. The first-order valence-corrected chi connectivity index (χ1v) is 7.93. The largest absolute Gasteiger partial charge is 0.546 e. The third-order valence-electron chi connectivity index (χ3n) is 3.63. The van der Waals surface area contributed by atoms with Gasteiger partial charge in [0.15, 0.2) is 17.3 Å². The Kier molecular flexibility index (Phi) is 6.82. The highest BCUT2D eigenvalue weighted by atomic mass is 16.5. The van der Waals surface area contributed by atoms with Gasteiger partial charge in [-0.3, -0.25) is 4.79 Å². The normalized spacial score (nSPS) is 10.5. The minimum Gasteiger partial charge on any atom is -0.546 e. The van der Waals surface area contributed by atoms with Crippen molar-refractivity contribution in [2.75, 3.05) is 27.9 Å². The first-order chi connectivity index (χ1) is 13.0. The van der Waals surface area contributed by atoms with E-state index in [-0.39, 0.29) is 11.5 Å². The second-order valence-corrected chi connectivity index (χ2v) is 5.33. The molecule has 0 atom stereocenters. The Labute approximate surface area is 156 Å². The minimum absolute atomic E-state index is 0.262. The predicted molar refractivity (Wildman–Crippen MR) is 96.4 cm³/mol. The van der Waals surface area contributed by atoms with Gasteiger partial charge in [0.05, 0.1) is 32.9 Å². The molecule has 0 unspecified atom stereocenters. The van der Waals surface area contributed by atoms with E-state index in [1.807, 2.05) is 0 Å². The van der Waals surface area contributed by atoms with Gasteiger partial charge in [-0.05, 0) is 42.0 Å². The van der Waals surface area contributed by atoms with Gasteiger partial charge in [-0.25, -0.2) is 0 Å². The summed E-state index contributed by atoms with van der Waals surface area (Å²) in [4.78, 5) is 23.0. The summed E-state index contributed by atoms with van der Waals surface area (Å²) in [5.74, 6) is -0.0111. The Bertz CT molecular complexity index is 855. The summed E-state index contributed by atoms with van der Waals surface area (Å²) >= 11 is 0. The van der Waals surface area contributed by atoms with Gasteiger partial charge in [0.2, 0.25) is 0 Å². The van der Waals surface area contributed by atoms with Gasteiger partial charge < -0.3 is 28.8 Å². The van der Waals surface area contributed by atoms with E-state index in [2.05, 4.69) is 0 Å². The first kappa shape index (κ1) is 19.8. The Balaban J connectivity index is 2.22. The molecule has 0 saturated heterocycles. The van der Waals surface area contributed by atoms with Crippen LogP contribution in [0.2, 0.25) is 0 Å². The Morgan fingerprint density at radius 2 is 1.63 bits per heavy atom. The van der Waals surface area contributed by atoms with E-state index in [1.54, 1.807) is 42.5 Å². The molecule has 7 heteroatoms. The van der Waals surface area contributed by atoms with Crippen molar-refractivity contribution in [3.05, 3.63) is 53.6 Å². The topological polar surface area (TPSA) is 94.1 Å². The quantitative estimate of drug-likeness (QED) is 0.489. The van der Waals surface area contributed by atoms with Crippen molar-refractivity contribution in [1.29, 1.82) is 0 Å². The average molecular weight is 371 g/mol. The van der Waals surface area contributed by atoms with E-state index in [1.165, 1.54) is 27.4 Å². The highest BCUT2D eigenvalue weighted by Gasteiger charge is 2.11. The fourth-order valence-electron chi connectivity index (χ4n) is 2.31. The number of carbonyl (C=O) groups excluding carboxylic acids is 2. The third-order valence-corrected chi connectivity index (χ3v) is 3.63. The molecule has 142 valence electrons. The molecule has 7 nitrogen and oxygen atoms in total. The summed E-state index contributed by atoms with van der Waals surface area (Å²) in [6.07, 6.45) is 3.00. The summed E-state index contributed by atoms with van der Waals surface area (Å²) in [5, 5.41) is 10.5. The van der Waals surface area contributed by atoms with Crippen LogP contribution in [-0.2, 0) is 4.79 Å². The molecule has 2 aromatic carbocycles. The summed E-state index contributed by atoms with van der Waals surface area (Å²) in [6.45, 7) is -0.584. The second kappa shape index (κ2) is 9.28. The summed E-state index contributed by atoms with van der Waals surface area (Å²) in [7, 11) is 4.43. The van der Waals surface area contributed by atoms with E-state index in [0.29, 0.717) is 28.4 Å². The van der Waals surface area contributed by atoms with Gasteiger partial charge >= 0.3 is 0 Å². The number of ether oxygens (including phenoxy) is 4. The van der Waals surface area contributed by atoms with E-state index in [9.17, 15) is 14.7 Å². The molecular weight excluding hydrogens is 352 g/mol. The molecule has 0 spiro atoms. The zero-order valence-corrected chi connectivity index (χ0v) is 15.2. The number of methoxy groups -OCH3 is 3. The standard InChI is InChI=1S/C20H20O7/c1-24-14-6-9-17(25-2)15(11-14)16(21)7-4-13-5-8-18(19(10-13)26-3)27-12-20(22)23/h4-11H,12H2,1-3H3,(H,22,23)/p-1/b7-4+. The fraction of sp³-hybridized carbons (Fsp3) is 0.200. The average Bonchev–Trinajstić information content (AvgIpc) is 2.69. The smallest absolute Gasteiger partial charge is 0.189 e. The lowest BCUT2D eigenvalue weighted by molar-refractivity contribution is -0.307. The van der Waals surface area contributed by atoms with E-state index >= 15 is 0 Å². The van der Waals surface area contributed by atoms with Gasteiger partial charge in [-0.2, -0.15) is 0 Å². The van der Waals surface area contributed by atoms with Crippen LogP contribution in [0.1, 0.15) is 15.9 Å². The number of ketones is 1. The van der Waals surface area contributed by atoms with Gasteiger partial charge in [0.1, 0.15) is 18.1 Å². The highest BCUT2D eigenvalue weighted by Crippen LogP contribution is 2.29. The lowest BCUT2D eigenvalue weighted by atomic mass is 10.1. The van der Waals surface area contributed by atoms with Crippen molar-refractivity contribution in [1.82, 2.24) is 0 Å². The number of carboxylic acid groups (broad SMARTS) is 1. The maximum absolute atomic E-state index is 12.5. The molecule has 0 fully saturated rings. The van der Waals surface area contributed by atoms with Crippen molar-refractivity contribution in [3.63, 3.8) is 0 Å². The van der Waals surface area contributed by atoms with Gasteiger partial charge in [0, 0.05) is 0 Å². The van der Waals surface area contributed by atoms with Crippen LogP contribution in [0.5, 0.6) is 23.0 Å². The van der Waals surface area contributed by atoms with Crippen molar-refractivity contribution < 1.29 is 33.6 Å². The molecule has 2 rings (SSSR count). The molecule has 0 amide bonds. The van der Waals surface area contributed by atoms with Crippen LogP contribution in [0.15, 0.2) is 42.5 Å². The summed E-state index contributed by atoms with van der Waals surface area (Å²) in [5.41, 5.74) is 1.04. The lowest BCUT2D eigenvalue weighted by Gasteiger charge is -2.11. The zero-order valence-electron chi connectivity index (χ0n) is 15.2. The van der Waals surface area contributed by atoms with Crippen molar-refractivity contribution in [2.24, 2.45) is 0 Å². The van der Waals surface area contributed by atoms with E-state index in [4.69, 9.17) is 18.9 Å². The number of aliphatic carboxylic acids is 1. The monoisotopic (exact) mass is 371 g/mol. The van der Waals surface area contributed by atoms with Gasteiger partial charge in [-0.1, -0.05) is 12.1 Å². The molecule has 0 N–H and O–H groups in total. The molecule has 0 aromatic heterocycles. The number of carboxylic acids is 1. The second-order valence-electron chi connectivity index (χ2n) is 5.33. The number of hydrogen-bond donors (Lipinski definition) is 0. The molecule has 0 aliphatic carbocycles. The van der Waals surface area contributed by atoms with Crippen molar-refractivity contribution in [3.8, 4) is 23.0 Å². The molecule has 0 saturated carbocycles. The number of benzene rings is 2. The van der Waals surface area contributed by atoms with Crippen LogP contribution in [-0.4, -0.2) is 39.7 Å².